The molecule has 0 atom stereocenters. The molecule has 0 heterocycles. The van der Waals surface area contributed by atoms with Crippen LogP contribution in [0, 0.1) is 0 Å². The van der Waals surface area contributed by atoms with Crippen LogP contribution in [-0.4, -0.2) is 16.5 Å². The predicted molar refractivity (Wildman–Crippen MR) is 81.2 cm³/mol. The minimum absolute atomic E-state index is 0.129. The van der Waals surface area contributed by atoms with Crippen LogP contribution in [0.25, 0.3) is 0 Å². The van der Waals surface area contributed by atoms with Crippen LogP contribution in [-0.2, 0) is 6.61 Å². The summed E-state index contributed by atoms with van der Waals surface area (Å²) >= 11 is 3.17. The standard InChI is InChI=1S/C15H14BrNO3/c16-10-20-14-8-4-2-6-12(14)15(19)17-13-7-3-1-5-11(13)9-18/h1-8,18H,9-10H2,(H,17,19). The molecule has 2 aromatic carbocycles. The fourth-order valence-corrected chi connectivity index (χ4v) is 2.06. The summed E-state index contributed by atoms with van der Waals surface area (Å²) in [5.74, 6) is 0.228. The number of carbonyl (C=O) groups is 1. The highest BCUT2D eigenvalue weighted by atomic mass is 79.9. The van der Waals surface area contributed by atoms with Crippen molar-refractivity contribution in [2.75, 3.05) is 10.8 Å². The third-order valence-corrected chi connectivity index (χ3v) is 3.01. The Balaban J connectivity index is 2.24. The van der Waals surface area contributed by atoms with Crippen LogP contribution in [0.15, 0.2) is 48.5 Å². The maximum Gasteiger partial charge on any atom is 0.259 e. The van der Waals surface area contributed by atoms with Crippen molar-refractivity contribution in [2.24, 2.45) is 0 Å². The van der Waals surface area contributed by atoms with E-state index in [-0.39, 0.29) is 12.5 Å². The van der Waals surface area contributed by atoms with Gasteiger partial charge in [0.2, 0.25) is 0 Å². The normalized spacial score (nSPS) is 10.1. The number of benzene rings is 2. The fourth-order valence-electron chi connectivity index (χ4n) is 1.81. The smallest absolute Gasteiger partial charge is 0.259 e. The van der Waals surface area contributed by atoms with Crippen molar-refractivity contribution in [2.45, 2.75) is 6.61 Å². The van der Waals surface area contributed by atoms with Gasteiger partial charge in [-0.3, -0.25) is 4.79 Å². The Labute approximate surface area is 125 Å². The molecule has 1 amide bonds. The van der Waals surface area contributed by atoms with Crippen LogP contribution < -0.4 is 10.1 Å². The molecule has 0 radical (unpaired) electrons. The molecule has 5 heteroatoms. The summed E-state index contributed by atoms with van der Waals surface area (Å²) in [5, 5.41) is 12.0. The van der Waals surface area contributed by atoms with E-state index in [1.54, 1.807) is 42.5 Å². The van der Waals surface area contributed by atoms with E-state index < -0.39 is 0 Å². The van der Waals surface area contributed by atoms with Gasteiger partial charge in [0.1, 0.15) is 11.3 Å². The molecule has 2 rings (SSSR count). The van der Waals surface area contributed by atoms with E-state index in [9.17, 15) is 9.90 Å². The lowest BCUT2D eigenvalue weighted by atomic mass is 10.1. The Bertz CT molecular complexity index is 601. The van der Waals surface area contributed by atoms with Gasteiger partial charge in [-0.15, -0.1) is 0 Å². The van der Waals surface area contributed by atoms with Crippen LogP contribution in [0.3, 0.4) is 0 Å². The molecule has 0 aromatic heterocycles. The summed E-state index contributed by atoms with van der Waals surface area (Å²) in [4.78, 5) is 12.3. The zero-order chi connectivity index (χ0) is 14.4. The molecule has 2 N–H and O–H groups in total. The number of amides is 1. The lowest BCUT2D eigenvalue weighted by Crippen LogP contribution is -2.14. The van der Waals surface area contributed by atoms with E-state index in [0.717, 1.165) is 0 Å². The van der Waals surface area contributed by atoms with Gasteiger partial charge < -0.3 is 15.2 Å². The third-order valence-electron chi connectivity index (χ3n) is 2.78. The third kappa shape index (κ3) is 3.37. The van der Waals surface area contributed by atoms with Gasteiger partial charge in [0.05, 0.1) is 12.2 Å². The molecule has 0 spiro atoms. The number of nitrogens with one attached hydrogen (secondary N) is 1. The number of ether oxygens (including phenoxy) is 1. The summed E-state index contributed by atoms with van der Waals surface area (Å²) in [6.07, 6.45) is 0. The average Bonchev–Trinajstić information content (AvgIpc) is 2.48. The molecule has 0 bridgehead atoms. The first-order valence-electron chi connectivity index (χ1n) is 6.04. The van der Waals surface area contributed by atoms with Gasteiger partial charge in [0.25, 0.3) is 5.91 Å². The number of rotatable bonds is 5. The molecule has 4 nitrogen and oxygen atoms in total. The summed E-state index contributed by atoms with van der Waals surface area (Å²) < 4.78 is 5.36. The molecule has 2 aromatic rings. The van der Waals surface area contributed by atoms with Gasteiger partial charge in [-0.25, -0.2) is 0 Å². The maximum atomic E-state index is 12.3. The van der Waals surface area contributed by atoms with Crippen molar-refractivity contribution < 1.29 is 14.6 Å². The monoisotopic (exact) mass is 335 g/mol. The van der Waals surface area contributed by atoms with Crippen LogP contribution in [0.2, 0.25) is 0 Å². The topological polar surface area (TPSA) is 58.6 Å². The number of hydrogen-bond donors (Lipinski definition) is 2. The first kappa shape index (κ1) is 14.6. The Morgan fingerprint density at radius 1 is 1.15 bits per heavy atom. The number of halogens is 1. The molecule has 0 aliphatic carbocycles. The van der Waals surface area contributed by atoms with Crippen LogP contribution in [0.4, 0.5) is 5.69 Å². The lowest BCUT2D eigenvalue weighted by Gasteiger charge is -2.12. The number of carbonyl (C=O) groups excluding carboxylic acids is 1. The van der Waals surface area contributed by atoms with Gasteiger partial charge in [-0.05, 0) is 34.1 Å². The van der Waals surface area contributed by atoms with Gasteiger partial charge >= 0.3 is 0 Å². The number of alkyl halides is 1. The summed E-state index contributed by atoms with van der Waals surface area (Å²) in [6, 6.07) is 14.1. The minimum atomic E-state index is -0.276. The maximum absolute atomic E-state index is 12.3. The van der Waals surface area contributed by atoms with Crippen molar-refractivity contribution in [3.05, 3.63) is 59.7 Å². The Morgan fingerprint density at radius 3 is 2.60 bits per heavy atom. The van der Waals surface area contributed by atoms with Gasteiger partial charge in [0.15, 0.2) is 0 Å². The van der Waals surface area contributed by atoms with Crippen molar-refractivity contribution in [1.29, 1.82) is 0 Å². The molecule has 20 heavy (non-hydrogen) atoms. The first-order chi connectivity index (χ1) is 9.76. The van der Waals surface area contributed by atoms with Crippen LogP contribution >= 0.6 is 15.9 Å². The zero-order valence-corrected chi connectivity index (χ0v) is 12.3. The average molecular weight is 336 g/mol. The van der Waals surface area contributed by atoms with Gasteiger partial charge in [-0.2, -0.15) is 0 Å². The molecule has 0 aliphatic heterocycles. The predicted octanol–water partition coefficient (Wildman–Crippen LogP) is 3.16. The van der Waals surface area contributed by atoms with E-state index in [4.69, 9.17) is 4.74 Å². The Hall–Kier alpha value is -1.85. The molecular weight excluding hydrogens is 322 g/mol. The SMILES string of the molecule is O=C(Nc1ccccc1CO)c1ccccc1OCBr. The Kier molecular flexibility index (Phi) is 5.15. The van der Waals surface area contributed by atoms with E-state index >= 15 is 0 Å². The van der Waals surface area contributed by atoms with E-state index in [0.29, 0.717) is 28.1 Å². The molecule has 0 fully saturated rings. The van der Waals surface area contributed by atoms with Crippen molar-refractivity contribution >= 4 is 27.5 Å². The second-order valence-corrected chi connectivity index (χ2v) is 4.48. The van der Waals surface area contributed by atoms with Crippen LogP contribution in [0.5, 0.6) is 5.75 Å². The Morgan fingerprint density at radius 2 is 1.85 bits per heavy atom. The molecule has 104 valence electrons. The second kappa shape index (κ2) is 7.07. The van der Waals surface area contributed by atoms with Crippen molar-refractivity contribution in [3.8, 4) is 5.75 Å². The molecule has 0 aliphatic rings. The van der Waals surface area contributed by atoms with Gasteiger partial charge in [-0.1, -0.05) is 30.3 Å². The quantitative estimate of drug-likeness (QED) is 0.825. The second-order valence-electron chi connectivity index (χ2n) is 4.02. The molecule has 0 unspecified atom stereocenters. The first-order valence-corrected chi connectivity index (χ1v) is 7.16. The van der Waals surface area contributed by atoms with Crippen molar-refractivity contribution in [1.82, 2.24) is 0 Å². The van der Waals surface area contributed by atoms with E-state index in [1.807, 2.05) is 6.07 Å². The lowest BCUT2D eigenvalue weighted by molar-refractivity contribution is 0.102. The molecule has 0 saturated carbocycles. The van der Waals surface area contributed by atoms with Gasteiger partial charge in [0, 0.05) is 11.3 Å². The number of aliphatic hydroxyl groups is 1. The number of para-hydroxylation sites is 2. The molecule has 0 saturated heterocycles. The number of hydrogen-bond acceptors (Lipinski definition) is 3. The van der Waals surface area contributed by atoms with Crippen molar-refractivity contribution in [3.63, 3.8) is 0 Å². The summed E-state index contributed by atoms with van der Waals surface area (Å²) in [5.41, 5.74) is 2.01. The highest BCUT2D eigenvalue weighted by molar-refractivity contribution is 9.09. The summed E-state index contributed by atoms with van der Waals surface area (Å²) in [6.45, 7) is -0.129. The molecular formula is C15H14BrNO3. The van der Waals surface area contributed by atoms with Crippen LogP contribution in [0.1, 0.15) is 15.9 Å². The minimum Gasteiger partial charge on any atom is -0.482 e. The van der Waals surface area contributed by atoms with E-state index in [2.05, 4.69) is 21.2 Å². The summed E-state index contributed by atoms with van der Waals surface area (Å²) in [7, 11) is 0. The van der Waals surface area contributed by atoms with E-state index in [1.165, 1.54) is 0 Å². The number of anilines is 1. The largest absolute Gasteiger partial charge is 0.482 e. The highest BCUT2D eigenvalue weighted by Gasteiger charge is 2.13. The number of aliphatic hydroxyl groups excluding tert-OH is 1. The zero-order valence-electron chi connectivity index (χ0n) is 10.7. The highest BCUT2D eigenvalue weighted by Crippen LogP contribution is 2.21. The fraction of sp³-hybridized carbons (Fsp3) is 0.133.